The molecular formula is C10H15NO4. The molecule has 0 rings (SSSR count). The van der Waals surface area contributed by atoms with Crippen LogP contribution < -0.4 is 0 Å². The summed E-state index contributed by atoms with van der Waals surface area (Å²) in [6.07, 6.45) is 5.85. The van der Waals surface area contributed by atoms with E-state index in [-0.39, 0.29) is 25.4 Å². The van der Waals surface area contributed by atoms with Gasteiger partial charge in [0, 0.05) is 20.1 Å². The van der Waals surface area contributed by atoms with Gasteiger partial charge in [0.25, 0.3) is 0 Å². The molecule has 0 aliphatic heterocycles. The number of carbonyl (C=O) groups excluding carboxylic acids is 1. The number of methoxy groups -OCH3 is 1. The Morgan fingerprint density at radius 3 is 2.67 bits per heavy atom. The number of ether oxygens (including phenoxy) is 1. The van der Waals surface area contributed by atoms with E-state index in [0.29, 0.717) is 13.0 Å². The van der Waals surface area contributed by atoms with Crippen LogP contribution in [0.1, 0.15) is 12.8 Å². The summed E-state index contributed by atoms with van der Waals surface area (Å²) >= 11 is 0. The Hall–Kier alpha value is -1.54. The van der Waals surface area contributed by atoms with Crippen molar-refractivity contribution in [2.24, 2.45) is 0 Å². The molecule has 0 atom stereocenters. The Bertz CT molecular complexity index is 257. The van der Waals surface area contributed by atoms with Crippen LogP contribution >= 0.6 is 0 Å². The average Bonchev–Trinajstić information content (AvgIpc) is 2.17. The maximum Gasteiger partial charge on any atom is 0.323 e. The fourth-order valence-corrected chi connectivity index (χ4v) is 1.03. The van der Waals surface area contributed by atoms with Crippen molar-refractivity contribution in [3.8, 4) is 12.3 Å². The molecule has 0 radical (unpaired) electrons. The van der Waals surface area contributed by atoms with Gasteiger partial charge in [-0.3, -0.25) is 9.59 Å². The van der Waals surface area contributed by atoms with E-state index >= 15 is 0 Å². The van der Waals surface area contributed by atoms with E-state index in [0.717, 1.165) is 4.90 Å². The summed E-state index contributed by atoms with van der Waals surface area (Å²) < 4.78 is 4.79. The predicted octanol–water partition coefficient (Wildman–Crippen LogP) is -0.0406. The van der Waals surface area contributed by atoms with E-state index in [2.05, 4.69) is 5.92 Å². The quantitative estimate of drug-likeness (QED) is 0.476. The van der Waals surface area contributed by atoms with Crippen LogP contribution in [-0.4, -0.2) is 48.7 Å². The summed E-state index contributed by atoms with van der Waals surface area (Å²) in [5.41, 5.74) is 0. The minimum Gasteiger partial charge on any atom is -0.480 e. The predicted molar refractivity (Wildman–Crippen MR) is 54.2 cm³/mol. The van der Waals surface area contributed by atoms with Crippen LogP contribution in [0.15, 0.2) is 0 Å². The van der Waals surface area contributed by atoms with Crippen LogP contribution in [-0.2, 0) is 14.3 Å². The first kappa shape index (κ1) is 13.5. The van der Waals surface area contributed by atoms with E-state index < -0.39 is 5.97 Å². The second-order valence-corrected chi connectivity index (χ2v) is 2.94. The van der Waals surface area contributed by atoms with Crippen LogP contribution in [0.2, 0.25) is 0 Å². The van der Waals surface area contributed by atoms with Crippen LogP contribution in [0.4, 0.5) is 0 Å². The van der Waals surface area contributed by atoms with Crippen molar-refractivity contribution in [1.29, 1.82) is 0 Å². The first-order chi connectivity index (χ1) is 7.11. The monoisotopic (exact) mass is 213 g/mol. The lowest BCUT2D eigenvalue weighted by Crippen LogP contribution is -2.35. The summed E-state index contributed by atoms with van der Waals surface area (Å²) in [4.78, 5) is 23.0. The number of amides is 1. The molecule has 0 aromatic carbocycles. The van der Waals surface area contributed by atoms with Crippen molar-refractivity contribution in [3.05, 3.63) is 0 Å². The molecule has 0 unspecified atom stereocenters. The first-order valence-electron chi connectivity index (χ1n) is 4.53. The second kappa shape index (κ2) is 7.83. The molecular weight excluding hydrogens is 198 g/mol. The molecule has 1 amide bonds. The third-order valence-corrected chi connectivity index (χ3v) is 1.70. The SMILES string of the molecule is C#CCN(CC(=O)O)C(=O)CCCOC. The number of rotatable bonds is 7. The number of aliphatic carboxylic acids is 1. The second-order valence-electron chi connectivity index (χ2n) is 2.94. The highest BCUT2D eigenvalue weighted by Gasteiger charge is 2.14. The van der Waals surface area contributed by atoms with E-state index in [1.54, 1.807) is 7.11 Å². The number of hydrogen-bond donors (Lipinski definition) is 1. The van der Waals surface area contributed by atoms with Crippen molar-refractivity contribution in [2.45, 2.75) is 12.8 Å². The molecule has 1 N–H and O–H groups in total. The number of nitrogens with zero attached hydrogens (tertiary/aromatic N) is 1. The number of carboxylic acids is 1. The van der Waals surface area contributed by atoms with Gasteiger partial charge in [0.2, 0.25) is 5.91 Å². The Morgan fingerprint density at radius 2 is 2.20 bits per heavy atom. The Balaban J connectivity index is 4.05. The van der Waals surface area contributed by atoms with Gasteiger partial charge in [-0.25, -0.2) is 0 Å². The van der Waals surface area contributed by atoms with Crippen molar-refractivity contribution in [3.63, 3.8) is 0 Å². The molecule has 84 valence electrons. The maximum atomic E-state index is 11.5. The van der Waals surface area contributed by atoms with Crippen molar-refractivity contribution in [2.75, 3.05) is 26.8 Å². The van der Waals surface area contributed by atoms with Crippen LogP contribution in [0, 0.1) is 12.3 Å². The van der Waals surface area contributed by atoms with E-state index in [1.165, 1.54) is 0 Å². The van der Waals surface area contributed by atoms with Crippen molar-refractivity contribution >= 4 is 11.9 Å². The normalized spacial score (nSPS) is 9.33. The summed E-state index contributed by atoms with van der Waals surface area (Å²) in [6.45, 7) is 0.150. The average molecular weight is 213 g/mol. The largest absolute Gasteiger partial charge is 0.480 e. The molecule has 0 aromatic rings. The third-order valence-electron chi connectivity index (χ3n) is 1.70. The van der Waals surface area contributed by atoms with Gasteiger partial charge in [-0.15, -0.1) is 6.42 Å². The van der Waals surface area contributed by atoms with Crippen LogP contribution in [0.5, 0.6) is 0 Å². The van der Waals surface area contributed by atoms with Crippen molar-refractivity contribution in [1.82, 2.24) is 4.90 Å². The Morgan fingerprint density at radius 1 is 1.53 bits per heavy atom. The molecule has 0 spiro atoms. The smallest absolute Gasteiger partial charge is 0.323 e. The van der Waals surface area contributed by atoms with E-state index in [4.69, 9.17) is 16.3 Å². The molecule has 5 heteroatoms. The van der Waals surface area contributed by atoms with Gasteiger partial charge in [-0.1, -0.05) is 5.92 Å². The molecule has 0 aliphatic carbocycles. The molecule has 0 saturated heterocycles. The van der Waals surface area contributed by atoms with Gasteiger partial charge in [0.05, 0.1) is 6.54 Å². The van der Waals surface area contributed by atoms with E-state index in [9.17, 15) is 9.59 Å². The molecule has 5 nitrogen and oxygen atoms in total. The van der Waals surface area contributed by atoms with Crippen LogP contribution in [0.25, 0.3) is 0 Å². The standard InChI is InChI=1S/C10H15NO4/c1-3-6-11(8-10(13)14)9(12)5-4-7-15-2/h1H,4-8H2,2H3,(H,13,14). The topological polar surface area (TPSA) is 66.8 Å². The number of carboxylic acid groups (broad SMARTS) is 1. The fraction of sp³-hybridized carbons (Fsp3) is 0.600. The zero-order valence-electron chi connectivity index (χ0n) is 8.73. The fourth-order valence-electron chi connectivity index (χ4n) is 1.03. The van der Waals surface area contributed by atoms with Gasteiger partial charge in [0.1, 0.15) is 6.54 Å². The lowest BCUT2D eigenvalue weighted by atomic mass is 10.3. The van der Waals surface area contributed by atoms with E-state index in [1.807, 2.05) is 0 Å². The minimum atomic E-state index is -1.06. The maximum absolute atomic E-state index is 11.5. The highest BCUT2D eigenvalue weighted by atomic mass is 16.5. The van der Waals surface area contributed by atoms with Gasteiger partial charge >= 0.3 is 5.97 Å². The van der Waals surface area contributed by atoms with Gasteiger partial charge in [-0.2, -0.15) is 0 Å². The molecule has 0 aromatic heterocycles. The van der Waals surface area contributed by atoms with Crippen molar-refractivity contribution < 1.29 is 19.4 Å². The summed E-state index contributed by atoms with van der Waals surface area (Å²) in [6, 6.07) is 0. The molecule has 0 fully saturated rings. The molecule has 0 bridgehead atoms. The highest BCUT2D eigenvalue weighted by molar-refractivity contribution is 5.81. The Labute approximate surface area is 89.0 Å². The summed E-state index contributed by atoms with van der Waals surface area (Å²) in [5.74, 6) is 0.933. The zero-order valence-corrected chi connectivity index (χ0v) is 8.73. The Kier molecular flexibility index (Phi) is 7.02. The summed E-state index contributed by atoms with van der Waals surface area (Å²) in [7, 11) is 1.54. The number of carbonyl (C=O) groups is 2. The molecule has 0 heterocycles. The molecule has 0 aliphatic rings. The first-order valence-corrected chi connectivity index (χ1v) is 4.53. The molecule has 0 saturated carbocycles. The number of terminal acetylenes is 1. The zero-order chi connectivity index (χ0) is 11.7. The van der Waals surface area contributed by atoms with Gasteiger partial charge in [0.15, 0.2) is 0 Å². The summed E-state index contributed by atoms with van der Waals surface area (Å²) in [5, 5.41) is 8.54. The van der Waals surface area contributed by atoms with Gasteiger partial charge < -0.3 is 14.7 Å². The third kappa shape index (κ3) is 6.52. The lowest BCUT2D eigenvalue weighted by molar-refractivity contribution is -0.144. The van der Waals surface area contributed by atoms with Crippen LogP contribution in [0.3, 0.4) is 0 Å². The highest BCUT2D eigenvalue weighted by Crippen LogP contribution is 1.98. The minimum absolute atomic E-state index is 0.0259. The van der Waals surface area contributed by atoms with Gasteiger partial charge in [-0.05, 0) is 6.42 Å². The number of hydrogen-bond acceptors (Lipinski definition) is 3. The lowest BCUT2D eigenvalue weighted by Gasteiger charge is -2.17. The molecule has 15 heavy (non-hydrogen) atoms.